The van der Waals surface area contributed by atoms with E-state index in [1.807, 2.05) is 6.07 Å². The van der Waals surface area contributed by atoms with Gasteiger partial charge in [-0.2, -0.15) is 0 Å². The van der Waals surface area contributed by atoms with E-state index in [4.69, 9.17) is 5.73 Å². The lowest BCUT2D eigenvalue weighted by Crippen LogP contribution is -2.15. The molecule has 2 nitrogen and oxygen atoms in total. The summed E-state index contributed by atoms with van der Waals surface area (Å²) < 4.78 is 15.3. The van der Waals surface area contributed by atoms with Gasteiger partial charge in [-0.05, 0) is 43.1 Å². The van der Waals surface area contributed by atoms with Crippen LogP contribution in [-0.2, 0) is 13.0 Å². The Morgan fingerprint density at radius 3 is 3.07 bits per heavy atom. The maximum absolute atomic E-state index is 13.0. The van der Waals surface area contributed by atoms with Gasteiger partial charge in [0.15, 0.2) is 0 Å². The summed E-state index contributed by atoms with van der Waals surface area (Å²) in [6.07, 6.45) is 1.02. The summed E-state index contributed by atoms with van der Waals surface area (Å²) in [6, 6.07) is 7.05. The van der Waals surface area contributed by atoms with Crippen LogP contribution < -0.4 is 5.73 Å². The number of hydrogen-bond acceptors (Lipinski definition) is 1. The maximum Gasteiger partial charge on any atom is 0.123 e. The number of nitrogens with two attached hydrogens (primary N) is 1. The molecule has 2 aromatic rings. The number of nitrogens with zero attached hydrogens (tertiary/aromatic N) is 1. The predicted molar refractivity (Wildman–Crippen MR) is 58.1 cm³/mol. The highest BCUT2D eigenvalue weighted by Gasteiger charge is 2.22. The van der Waals surface area contributed by atoms with E-state index in [9.17, 15) is 4.39 Å². The summed E-state index contributed by atoms with van der Waals surface area (Å²) in [5.74, 6) is 0.386. The summed E-state index contributed by atoms with van der Waals surface area (Å²) in [6.45, 7) is 1.70. The highest BCUT2D eigenvalue weighted by atomic mass is 19.1. The lowest BCUT2D eigenvalue weighted by Gasteiger charge is -2.05. The molecule has 2 N–H and O–H groups in total. The molecule has 0 saturated carbocycles. The molecule has 0 saturated heterocycles. The zero-order chi connectivity index (χ0) is 10.4. The van der Waals surface area contributed by atoms with Gasteiger partial charge < -0.3 is 10.3 Å². The van der Waals surface area contributed by atoms with Crippen molar-refractivity contribution < 1.29 is 4.39 Å². The van der Waals surface area contributed by atoms with Gasteiger partial charge in [0.1, 0.15) is 5.82 Å². The molecular formula is C12H13FN2. The van der Waals surface area contributed by atoms with Gasteiger partial charge in [-0.1, -0.05) is 0 Å². The van der Waals surface area contributed by atoms with Crippen LogP contribution >= 0.6 is 0 Å². The molecule has 1 aromatic heterocycles. The molecule has 0 amide bonds. The monoisotopic (exact) mass is 204 g/mol. The number of halogens is 1. The highest BCUT2D eigenvalue weighted by molar-refractivity contribution is 5.81. The molecule has 1 unspecified atom stereocenters. The van der Waals surface area contributed by atoms with Crippen LogP contribution in [0.4, 0.5) is 4.39 Å². The first-order valence-electron chi connectivity index (χ1n) is 5.25. The van der Waals surface area contributed by atoms with Gasteiger partial charge in [0.25, 0.3) is 0 Å². The first kappa shape index (κ1) is 8.92. The van der Waals surface area contributed by atoms with Crippen molar-refractivity contribution in [3.63, 3.8) is 0 Å². The molecule has 1 aliphatic rings. The van der Waals surface area contributed by atoms with Crippen molar-refractivity contribution in [2.24, 2.45) is 11.7 Å². The fourth-order valence-corrected chi connectivity index (χ4v) is 2.46. The van der Waals surface area contributed by atoms with Gasteiger partial charge in [0.2, 0.25) is 0 Å². The summed E-state index contributed by atoms with van der Waals surface area (Å²) in [5, 5.41) is 1.00. The van der Waals surface area contributed by atoms with Crippen LogP contribution in [0.25, 0.3) is 10.9 Å². The molecular weight excluding hydrogens is 191 g/mol. The van der Waals surface area contributed by atoms with Gasteiger partial charge in [0, 0.05) is 23.1 Å². The number of rotatable bonds is 1. The molecule has 1 aromatic carbocycles. The van der Waals surface area contributed by atoms with Crippen LogP contribution in [0.15, 0.2) is 24.3 Å². The molecule has 15 heavy (non-hydrogen) atoms. The van der Waals surface area contributed by atoms with Crippen LogP contribution in [0, 0.1) is 11.7 Å². The van der Waals surface area contributed by atoms with Gasteiger partial charge in [-0.25, -0.2) is 4.39 Å². The van der Waals surface area contributed by atoms with Crippen LogP contribution in [-0.4, -0.2) is 11.1 Å². The zero-order valence-corrected chi connectivity index (χ0v) is 8.41. The Kier molecular flexibility index (Phi) is 1.83. The Bertz CT molecular complexity index is 516. The van der Waals surface area contributed by atoms with Gasteiger partial charge >= 0.3 is 0 Å². The normalized spacial score (nSPS) is 19.7. The van der Waals surface area contributed by atoms with Gasteiger partial charge in [-0.3, -0.25) is 0 Å². The highest BCUT2D eigenvalue weighted by Crippen LogP contribution is 2.28. The quantitative estimate of drug-likeness (QED) is 0.755. The lowest BCUT2D eigenvalue weighted by molar-refractivity contribution is 0.530. The van der Waals surface area contributed by atoms with Crippen molar-refractivity contribution >= 4 is 10.9 Å². The smallest absolute Gasteiger partial charge is 0.123 e. The van der Waals surface area contributed by atoms with Crippen LogP contribution in [0.3, 0.4) is 0 Å². The second-order valence-corrected chi connectivity index (χ2v) is 4.26. The SMILES string of the molecule is NCC1Cc2cc3cc(F)ccc3n2C1. The summed E-state index contributed by atoms with van der Waals surface area (Å²) in [4.78, 5) is 0. The minimum absolute atomic E-state index is 0.165. The third-order valence-electron chi connectivity index (χ3n) is 3.22. The Morgan fingerprint density at radius 2 is 2.27 bits per heavy atom. The zero-order valence-electron chi connectivity index (χ0n) is 8.41. The molecule has 0 aliphatic carbocycles. The molecule has 0 radical (unpaired) electrons. The van der Waals surface area contributed by atoms with Crippen molar-refractivity contribution in [1.82, 2.24) is 4.57 Å². The van der Waals surface area contributed by atoms with Crippen LogP contribution in [0.5, 0.6) is 0 Å². The van der Waals surface area contributed by atoms with Gasteiger partial charge in [0.05, 0.1) is 0 Å². The Hall–Kier alpha value is -1.35. The van der Waals surface area contributed by atoms with Crippen molar-refractivity contribution in [3.8, 4) is 0 Å². The Labute approximate surface area is 87.5 Å². The van der Waals surface area contributed by atoms with Crippen LogP contribution in [0.2, 0.25) is 0 Å². The average Bonchev–Trinajstić information content (AvgIpc) is 2.73. The molecule has 0 fully saturated rings. The van der Waals surface area contributed by atoms with Crippen molar-refractivity contribution in [1.29, 1.82) is 0 Å². The lowest BCUT2D eigenvalue weighted by atomic mass is 10.1. The van der Waals surface area contributed by atoms with Crippen LogP contribution in [0.1, 0.15) is 5.69 Å². The third kappa shape index (κ3) is 1.27. The van der Waals surface area contributed by atoms with Crippen molar-refractivity contribution in [3.05, 3.63) is 35.8 Å². The van der Waals surface area contributed by atoms with E-state index in [2.05, 4.69) is 10.6 Å². The van der Waals surface area contributed by atoms with E-state index < -0.39 is 0 Å². The number of fused-ring (bicyclic) bond motifs is 3. The third-order valence-corrected chi connectivity index (χ3v) is 3.22. The minimum atomic E-state index is -0.165. The molecule has 0 spiro atoms. The first-order chi connectivity index (χ1) is 7.28. The molecule has 3 heteroatoms. The average molecular weight is 204 g/mol. The molecule has 1 aliphatic heterocycles. The van der Waals surface area contributed by atoms with Crippen molar-refractivity contribution in [2.75, 3.05) is 6.54 Å². The number of hydrogen-bond donors (Lipinski definition) is 1. The van der Waals surface area contributed by atoms with E-state index >= 15 is 0 Å². The van der Waals surface area contributed by atoms with Gasteiger partial charge in [-0.15, -0.1) is 0 Å². The van der Waals surface area contributed by atoms with E-state index in [1.165, 1.54) is 11.8 Å². The first-order valence-corrected chi connectivity index (χ1v) is 5.25. The summed E-state index contributed by atoms with van der Waals surface area (Å²) in [5.41, 5.74) is 8.08. The second kappa shape index (κ2) is 3.07. The standard InChI is InChI=1S/C12H13FN2/c13-10-1-2-12-9(4-10)5-11-3-8(6-14)7-15(11)12/h1-2,4-5,8H,3,6-7,14H2. The molecule has 2 heterocycles. The molecule has 1 atom stereocenters. The van der Waals surface area contributed by atoms with E-state index in [0.717, 1.165) is 30.4 Å². The summed E-state index contributed by atoms with van der Waals surface area (Å²) in [7, 11) is 0. The fraction of sp³-hybridized carbons (Fsp3) is 0.333. The van der Waals surface area contributed by atoms with E-state index in [0.29, 0.717) is 5.92 Å². The maximum atomic E-state index is 13.0. The Morgan fingerprint density at radius 1 is 1.40 bits per heavy atom. The predicted octanol–water partition coefficient (Wildman–Crippen LogP) is 1.91. The topological polar surface area (TPSA) is 30.9 Å². The fourth-order valence-electron chi connectivity index (χ4n) is 2.46. The second-order valence-electron chi connectivity index (χ2n) is 4.26. The molecule has 78 valence electrons. The largest absolute Gasteiger partial charge is 0.344 e. The molecule has 0 bridgehead atoms. The summed E-state index contributed by atoms with van der Waals surface area (Å²) >= 11 is 0. The molecule has 3 rings (SSSR count). The van der Waals surface area contributed by atoms with Crippen molar-refractivity contribution in [2.45, 2.75) is 13.0 Å². The number of aromatic nitrogens is 1. The van der Waals surface area contributed by atoms with E-state index in [1.54, 1.807) is 6.07 Å². The van der Waals surface area contributed by atoms with E-state index in [-0.39, 0.29) is 5.82 Å². The number of benzene rings is 1. The minimum Gasteiger partial charge on any atom is -0.344 e. The Balaban J connectivity index is 2.15.